The zero-order valence-electron chi connectivity index (χ0n) is 12.8. The molecule has 0 aliphatic rings. The molecular formula is C17H20N2O3. The number of benzene rings is 1. The molecule has 2 rings (SSSR count). The SMILES string of the molecule is CC(C)c1ccc(NC(=O)CC(=O)NCc2ccco2)cc1. The van der Waals surface area contributed by atoms with Crippen LogP contribution in [0.1, 0.15) is 37.5 Å². The summed E-state index contributed by atoms with van der Waals surface area (Å²) in [6, 6.07) is 11.1. The number of carbonyl (C=O) groups excluding carboxylic acids is 2. The van der Waals surface area contributed by atoms with Gasteiger partial charge in [-0.15, -0.1) is 0 Å². The number of furan rings is 1. The highest BCUT2D eigenvalue weighted by Gasteiger charge is 2.10. The third kappa shape index (κ3) is 4.77. The van der Waals surface area contributed by atoms with E-state index in [4.69, 9.17) is 4.42 Å². The maximum atomic E-state index is 11.8. The van der Waals surface area contributed by atoms with Gasteiger partial charge in [-0.1, -0.05) is 26.0 Å². The van der Waals surface area contributed by atoms with Gasteiger partial charge in [0.2, 0.25) is 11.8 Å². The molecule has 1 aromatic carbocycles. The van der Waals surface area contributed by atoms with Gasteiger partial charge in [-0.25, -0.2) is 0 Å². The van der Waals surface area contributed by atoms with Crippen molar-refractivity contribution >= 4 is 17.5 Å². The second-order valence-corrected chi connectivity index (χ2v) is 5.36. The molecule has 1 aromatic heterocycles. The third-order valence-electron chi connectivity index (χ3n) is 3.22. The van der Waals surface area contributed by atoms with Crippen LogP contribution >= 0.6 is 0 Å². The molecule has 0 saturated carbocycles. The van der Waals surface area contributed by atoms with E-state index in [1.165, 1.54) is 11.8 Å². The van der Waals surface area contributed by atoms with E-state index in [9.17, 15) is 9.59 Å². The van der Waals surface area contributed by atoms with E-state index in [-0.39, 0.29) is 24.8 Å². The molecule has 0 aliphatic carbocycles. The first-order chi connectivity index (χ1) is 10.5. The lowest BCUT2D eigenvalue weighted by atomic mass is 10.0. The fraction of sp³-hybridized carbons (Fsp3) is 0.294. The van der Waals surface area contributed by atoms with E-state index in [0.29, 0.717) is 17.4 Å². The standard InChI is InChI=1S/C17H20N2O3/c1-12(2)13-5-7-14(8-6-13)19-17(21)10-16(20)18-11-15-4-3-9-22-15/h3-9,12H,10-11H2,1-2H3,(H,18,20)(H,19,21). The molecule has 0 bridgehead atoms. The highest BCUT2D eigenvalue weighted by molar-refractivity contribution is 6.03. The number of anilines is 1. The largest absolute Gasteiger partial charge is 0.467 e. The van der Waals surface area contributed by atoms with Gasteiger partial charge < -0.3 is 15.1 Å². The van der Waals surface area contributed by atoms with Crippen LogP contribution in [-0.4, -0.2) is 11.8 Å². The molecule has 0 saturated heterocycles. The Kier molecular flexibility index (Phi) is 5.36. The topological polar surface area (TPSA) is 71.3 Å². The first-order valence-electron chi connectivity index (χ1n) is 7.23. The lowest BCUT2D eigenvalue weighted by molar-refractivity contribution is -0.127. The van der Waals surface area contributed by atoms with Gasteiger partial charge in [0.15, 0.2) is 0 Å². The Bertz CT molecular complexity index is 616. The summed E-state index contributed by atoms with van der Waals surface area (Å²) in [6.45, 7) is 4.50. The average Bonchev–Trinajstić information content (AvgIpc) is 2.99. The monoisotopic (exact) mass is 300 g/mol. The van der Waals surface area contributed by atoms with Crippen LogP contribution in [-0.2, 0) is 16.1 Å². The van der Waals surface area contributed by atoms with Crippen molar-refractivity contribution in [1.29, 1.82) is 0 Å². The molecule has 5 heteroatoms. The van der Waals surface area contributed by atoms with Gasteiger partial charge in [0, 0.05) is 5.69 Å². The first kappa shape index (κ1) is 15.8. The molecule has 2 amide bonds. The number of hydrogen-bond donors (Lipinski definition) is 2. The molecular weight excluding hydrogens is 280 g/mol. The molecule has 116 valence electrons. The van der Waals surface area contributed by atoms with Crippen molar-refractivity contribution in [1.82, 2.24) is 5.32 Å². The summed E-state index contributed by atoms with van der Waals surface area (Å²) in [4.78, 5) is 23.5. The summed E-state index contributed by atoms with van der Waals surface area (Å²) in [5, 5.41) is 5.34. The Morgan fingerprint density at radius 2 is 1.82 bits per heavy atom. The summed E-state index contributed by atoms with van der Waals surface area (Å²) < 4.78 is 5.10. The average molecular weight is 300 g/mol. The van der Waals surface area contributed by atoms with Gasteiger partial charge in [0.1, 0.15) is 12.2 Å². The minimum atomic E-state index is -0.340. The van der Waals surface area contributed by atoms with E-state index in [1.807, 2.05) is 24.3 Å². The predicted molar refractivity (Wildman–Crippen MR) is 84.3 cm³/mol. The van der Waals surface area contributed by atoms with Crippen LogP contribution in [0.15, 0.2) is 47.1 Å². The number of hydrogen-bond acceptors (Lipinski definition) is 3. The van der Waals surface area contributed by atoms with E-state index in [1.54, 1.807) is 12.1 Å². The third-order valence-corrected chi connectivity index (χ3v) is 3.22. The highest BCUT2D eigenvalue weighted by atomic mass is 16.3. The van der Waals surface area contributed by atoms with Crippen molar-refractivity contribution in [3.63, 3.8) is 0 Å². The molecule has 0 aliphatic heterocycles. The van der Waals surface area contributed by atoms with Crippen LogP contribution in [0.4, 0.5) is 5.69 Å². The molecule has 0 spiro atoms. The summed E-state index contributed by atoms with van der Waals surface area (Å²) in [5.74, 6) is 0.414. The normalized spacial score (nSPS) is 10.5. The van der Waals surface area contributed by atoms with Crippen molar-refractivity contribution in [3.8, 4) is 0 Å². The molecule has 2 aromatic rings. The number of nitrogens with one attached hydrogen (secondary N) is 2. The molecule has 0 atom stereocenters. The van der Waals surface area contributed by atoms with Crippen LogP contribution in [0, 0.1) is 0 Å². The predicted octanol–water partition coefficient (Wildman–Crippen LogP) is 3.05. The van der Waals surface area contributed by atoms with Crippen LogP contribution in [0.2, 0.25) is 0 Å². The van der Waals surface area contributed by atoms with Crippen molar-refractivity contribution in [2.45, 2.75) is 32.7 Å². The molecule has 0 fully saturated rings. The van der Waals surface area contributed by atoms with Crippen LogP contribution in [0.5, 0.6) is 0 Å². The molecule has 1 heterocycles. The number of carbonyl (C=O) groups is 2. The second-order valence-electron chi connectivity index (χ2n) is 5.36. The fourth-order valence-corrected chi connectivity index (χ4v) is 1.96. The quantitative estimate of drug-likeness (QED) is 0.805. The van der Waals surface area contributed by atoms with E-state index in [0.717, 1.165) is 0 Å². The Labute approximate surface area is 129 Å². The minimum Gasteiger partial charge on any atom is -0.467 e. The van der Waals surface area contributed by atoms with Crippen molar-refractivity contribution in [3.05, 3.63) is 54.0 Å². The fourth-order valence-electron chi connectivity index (χ4n) is 1.96. The van der Waals surface area contributed by atoms with E-state index >= 15 is 0 Å². The van der Waals surface area contributed by atoms with E-state index in [2.05, 4.69) is 24.5 Å². The summed E-state index contributed by atoms with van der Waals surface area (Å²) in [7, 11) is 0. The lowest BCUT2D eigenvalue weighted by Gasteiger charge is -2.08. The van der Waals surface area contributed by atoms with Gasteiger partial charge in [-0.05, 0) is 35.7 Å². The number of rotatable bonds is 6. The summed E-state index contributed by atoms with van der Waals surface area (Å²) in [6.07, 6.45) is 1.32. The molecule has 0 unspecified atom stereocenters. The minimum absolute atomic E-state index is 0.216. The Morgan fingerprint density at radius 1 is 1.09 bits per heavy atom. The zero-order valence-corrected chi connectivity index (χ0v) is 12.8. The van der Waals surface area contributed by atoms with Gasteiger partial charge in [-0.3, -0.25) is 9.59 Å². The first-order valence-corrected chi connectivity index (χ1v) is 7.23. The van der Waals surface area contributed by atoms with Crippen LogP contribution in [0.3, 0.4) is 0 Å². The van der Waals surface area contributed by atoms with Gasteiger partial charge in [-0.2, -0.15) is 0 Å². The van der Waals surface area contributed by atoms with Gasteiger partial charge >= 0.3 is 0 Å². The zero-order chi connectivity index (χ0) is 15.9. The molecule has 2 N–H and O–H groups in total. The maximum Gasteiger partial charge on any atom is 0.233 e. The number of amides is 2. The maximum absolute atomic E-state index is 11.8. The molecule has 22 heavy (non-hydrogen) atoms. The van der Waals surface area contributed by atoms with Gasteiger partial charge in [0.05, 0.1) is 12.8 Å². The van der Waals surface area contributed by atoms with Crippen LogP contribution in [0.25, 0.3) is 0 Å². The molecule has 5 nitrogen and oxygen atoms in total. The van der Waals surface area contributed by atoms with Crippen molar-refractivity contribution < 1.29 is 14.0 Å². The molecule has 0 radical (unpaired) electrons. The van der Waals surface area contributed by atoms with E-state index < -0.39 is 0 Å². The Hall–Kier alpha value is -2.56. The smallest absolute Gasteiger partial charge is 0.233 e. The van der Waals surface area contributed by atoms with Crippen LogP contribution < -0.4 is 10.6 Å². The summed E-state index contributed by atoms with van der Waals surface area (Å²) in [5.41, 5.74) is 1.89. The lowest BCUT2D eigenvalue weighted by Crippen LogP contribution is -2.27. The summed E-state index contributed by atoms with van der Waals surface area (Å²) >= 11 is 0. The highest BCUT2D eigenvalue weighted by Crippen LogP contribution is 2.17. The van der Waals surface area contributed by atoms with Crippen molar-refractivity contribution in [2.24, 2.45) is 0 Å². The Morgan fingerprint density at radius 3 is 2.41 bits per heavy atom. The van der Waals surface area contributed by atoms with Gasteiger partial charge in [0.25, 0.3) is 0 Å². The van der Waals surface area contributed by atoms with Crippen molar-refractivity contribution in [2.75, 3.05) is 5.32 Å². The second kappa shape index (κ2) is 7.45. The Balaban J connectivity index is 1.78.